The molecule has 0 spiro atoms. The van der Waals surface area contributed by atoms with Crippen LogP contribution >= 0.6 is 0 Å². The molecule has 0 saturated heterocycles. The summed E-state index contributed by atoms with van der Waals surface area (Å²) in [6, 6.07) is 5.12. The maximum absolute atomic E-state index is 13.5. The van der Waals surface area contributed by atoms with E-state index in [-0.39, 0.29) is 5.82 Å². The lowest BCUT2D eigenvalue weighted by molar-refractivity contribution is 0.292. The molecule has 2 N–H and O–H groups in total. The summed E-state index contributed by atoms with van der Waals surface area (Å²) in [6.45, 7) is 4.69. The number of ether oxygens (including phenoxy) is 1. The zero-order valence-corrected chi connectivity index (χ0v) is 11.4. The van der Waals surface area contributed by atoms with E-state index in [1.54, 1.807) is 12.1 Å². The minimum absolute atomic E-state index is 0.295. The normalized spacial score (nSPS) is 12.8. The van der Waals surface area contributed by atoms with E-state index in [0.29, 0.717) is 18.2 Å². The number of hydrogen-bond acceptors (Lipinski definition) is 3. The first-order valence-corrected chi connectivity index (χ1v) is 6.27. The number of halogens is 1. The van der Waals surface area contributed by atoms with E-state index < -0.39 is 0 Å². The number of methoxy groups -OCH3 is 1. The summed E-state index contributed by atoms with van der Waals surface area (Å²) in [4.78, 5) is 2.22. The number of likely N-dealkylation sites (N-methyl/N-ethyl adjacent to an activating group) is 1. The van der Waals surface area contributed by atoms with E-state index in [4.69, 9.17) is 10.5 Å². The smallest absolute Gasteiger partial charge is 0.165 e. The van der Waals surface area contributed by atoms with E-state index >= 15 is 0 Å². The number of nitrogens with zero attached hydrogens (tertiary/aromatic N) is 1. The zero-order valence-electron chi connectivity index (χ0n) is 11.4. The van der Waals surface area contributed by atoms with Crippen LogP contribution in [0.15, 0.2) is 18.2 Å². The van der Waals surface area contributed by atoms with Gasteiger partial charge in [-0.1, -0.05) is 13.0 Å². The quantitative estimate of drug-likeness (QED) is 0.807. The van der Waals surface area contributed by atoms with Gasteiger partial charge in [0, 0.05) is 13.1 Å². The van der Waals surface area contributed by atoms with Crippen molar-refractivity contribution in [1.82, 2.24) is 4.90 Å². The molecule has 0 aromatic heterocycles. The molecule has 0 aliphatic heterocycles. The third-order valence-electron chi connectivity index (χ3n) is 3.02. The Hall–Kier alpha value is -1.13. The van der Waals surface area contributed by atoms with Crippen LogP contribution in [0.4, 0.5) is 4.39 Å². The Morgan fingerprint density at radius 2 is 2.17 bits per heavy atom. The Bertz CT molecular complexity index is 371. The molecule has 1 unspecified atom stereocenters. The molecule has 1 aromatic rings. The Kier molecular flexibility index (Phi) is 6.09. The van der Waals surface area contributed by atoms with Crippen molar-refractivity contribution in [2.75, 3.05) is 33.8 Å². The Labute approximate surface area is 109 Å². The van der Waals surface area contributed by atoms with E-state index in [2.05, 4.69) is 18.9 Å². The van der Waals surface area contributed by atoms with Gasteiger partial charge in [0.25, 0.3) is 0 Å². The van der Waals surface area contributed by atoms with Gasteiger partial charge in [-0.15, -0.1) is 0 Å². The minimum Gasteiger partial charge on any atom is -0.494 e. The highest BCUT2D eigenvalue weighted by Crippen LogP contribution is 2.18. The summed E-state index contributed by atoms with van der Waals surface area (Å²) in [6.07, 6.45) is 0.828. The van der Waals surface area contributed by atoms with Crippen molar-refractivity contribution < 1.29 is 9.13 Å². The fraction of sp³-hybridized carbons (Fsp3) is 0.571. The van der Waals surface area contributed by atoms with Gasteiger partial charge in [0.15, 0.2) is 11.6 Å². The van der Waals surface area contributed by atoms with Crippen LogP contribution in [-0.4, -0.2) is 38.7 Å². The summed E-state index contributed by atoms with van der Waals surface area (Å²) in [7, 11) is 3.53. The molecule has 1 aromatic carbocycles. The van der Waals surface area contributed by atoms with Crippen molar-refractivity contribution in [3.8, 4) is 5.75 Å². The lowest BCUT2D eigenvalue weighted by atomic mass is 10.1. The van der Waals surface area contributed by atoms with Crippen molar-refractivity contribution in [3.63, 3.8) is 0 Å². The monoisotopic (exact) mass is 254 g/mol. The third-order valence-corrected chi connectivity index (χ3v) is 3.02. The first-order chi connectivity index (χ1) is 8.56. The van der Waals surface area contributed by atoms with Gasteiger partial charge in [0.2, 0.25) is 0 Å². The molecular formula is C14H23FN2O. The van der Waals surface area contributed by atoms with Crippen LogP contribution in [0.5, 0.6) is 5.75 Å². The van der Waals surface area contributed by atoms with Crippen LogP contribution in [-0.2, 0) is 6.42 Å². The fourth-order valence-corrected chi connectivity index (χ4v) is 1.88. The molecular weight excluding hydrogens is 231 g/mol. The molecule has 0 aliphatic rings. The molecule has 102 valence electrons. The van der Waals surface area contributed by atoms with E-state index in [1.807, 2.05) is 6.07 Å². The number of hydrogen-bond donors (Lipinski definition) is 1. The topological polar surface area (TPSA) is 38.5 Å². The van der Waals surface area contributed by atoms with Crippen molar-refractivity contribution in [2.24, 2.45) is 11.7 Å². The van der Waals surface area contributed by atoms with E-state index in [0.717, 1.165) is 25.1 Å². The summed E-state index contributed by atoms with van der Waals surface area (Å²) in [5.74, 6) is 0.486. The van der Waals surface area contributed by atoms with Crippen molar-refractivity contribution >= 4 is 0 Å². The van der Waals surface area contributed by atoms with Crippen LogP contribution in [0.2, 0.25) is 0 Å². The molecule has 0 saturated carbocycles. The highest BCUT2D eigenvalue weighted by atomic mass is 19.1. The summed E-state index contributed by atoms with van der Waals surface area (Å²) >= 11 is 0. The van der Waals surface area contributed by atoms with Crippen molar-refractivity contribution in [2.45, 2.75) is 13.3 Å². The molecule has 1 atom stereocenters. The van der Waals surface area contributed by atoms with Gasteiger partial charge in [-0.25, -0.2) is 4.39 Å². The summed E-state index contributed by atoms with van der Waals surface area (Å²) in [5, 5.41) is 0. The second-order valence-electron chi connectivity index (χ2n) is 4.82. The number of nitrogens with two attached hydrogens (primary N) is 1. The maximum atomic E-state index is 13.5. The van der Waals surface area contributed by atoms with Crippen molar-refractivity contribution in [1.29, 1.82) is 0 Å². The molecule has 0 fully saturated rings. The van der Waals surface area contributed by atoms with Gasteiger partial charge < -0.3 is 15.4 Å². The first-order valence-electron chi connectivity index (χ1n) is 6.27. The molecule has 1 rings (SSSR count). The molecule has 4 heteroatoms. The van der Waals surface area contributed by atoms with Gasteiger partial charge >= 0.3 is 0 Å². The van der Waals surface area contributed by atoms with Crippen molar-refractivity contribution in [3.05, 3.63) is 29.6 Å². The zero-order chi connectivity index (χ0) is 13.5. The molecule has 0 amide bonds. The predicted octanol–water partition coefficient (Wildman–Crippen LogP) is 1.90. The molecule has 18 heavy (non-hydrogen) atoms. The van der Waals surface area contributed by atoms with Crippen LogP contribution < -0.4 is 10.5 Å². The second kappa shape index (κ2) is 7.34. The predicted molar refractivity (Wildman–Crippen MR) is 72.4 cm³/mol. The highest BCUT2D eigenvalue weighted by Gasteiger charge is 2.07. The highest BCUT2D eigenvalue weighted by molar-refractivity contribution is 5.29. The minimum atomic E-state index is -0.298. The first kappa shape index (κ1) is 14.9. The van der Waals surface area contributed by atoms with Gasteiger partial charge in [-0.2, -0.15) is 0 Å². The molecule has 3 nitrogen and oxygen atoms in total. The average Bonchev–Trinajstić information content (AvgIpc) is 2.36. The Morgan fingerprint density at radius 3 is 2.72 bits per heavy atom. The lowest BCUT2D eigenvalue weighted by Crippen LogP contribution is -2.30. The van der Waals surface area contributed by atoms with Crippen LogP contribution in [0.1, 0.15) is 12.5 Å². The van der Waals surface area contributed by atoms with Gasteiger partial charge in [0.1, 0.15) is 0 Å². The standard InChI is InChI=1S/C14H23FN2O/c1-11(9-16)10-17(2)7-6-12-4-5-14(18-3)13(15)8-12/h4-5,8,11H,6-7,9-10,16H2,1-3H3. The van der Waals surface area contributed by atoms with Gasteiger partial charge in [-0.3, -0.25) is 0 Å². The molecule has 0 radical (unpaired) electrons. The average molecular weight is 254 g/mol. The number of benzene rings is 1. The van der Waals surface area contributed by atoms with Crippen LogP contribution in [0, 0.1) is 11.7 Å². The molecule has 0 heterocycles. The SMILES string of the molecule is COc1ccc(CCN(C)CC(C)CN)cc1F. The Balaban J connectivity index is 2.46. The Morgan fingerprint density at radius 1 is 1.44 bits per heavy atom. The largest absolute Gasteiger partial charge is 0.494 e. The molecule has 0 bridgehead atoms. The van der Waals surface area contributed by atoms with Gasteiger partial charge in [-0.05, 0) is 43.6 Å². The van der Waals surface area contributed by atoms with Crippen LogP contribution in [0.25, 0.3) is 0 Å². The van der Waals surface area contributed by atoms with Crippen LogP contribution in [0.3, 0.4) is 0 Å². The fourth-order valence-electron chi connectivity index (χ4n) is 1.88. The summed E-state index contributed by atoms with van der Waals surface area (Å²) in [5.41, 5.74) is 6.58. The number of rotatable bonds is 7. The third kappa shape index (κ3) is 4.63. The lowest BCUT2D eigenvalue weighted by Gasteiger charge is -2.20. The second-order valence-corrected chi connectivity index (χ2v) is 4.82. The molecule has 0 aliphatic carbocycles. The van der Waals surface area contributed by atoms with E-state index in [9.17, 15) is 4.39 Å². The maximum Gasteiger partial charge on any atom is 0.165 e. The van der Waals surface area contributed by atoms with Gasteiger partial charge in [0.05, 0.1) is 7.11 Å². The van der Waals surface area contributed by atoms with E-state index in [1.165, 1.54) is 7.11 Å². The summed E-state index contributed by atoms with van der Waals surface area (Å²) < 4.78 is 18.4.